The number of nitrogens with zero attached hydrogens (tertiary/aromatic N) is 1. The molecule has 0 aromatic heterocycles. The number of hydrogen-bond acceptors (Lipinski definition) is 4. The van der Waals surface area contributed by atoms with Gasteiger partial charge in [0.25, 0.3) is 5.91 Å². The zero-order valence-electron chi connectivity index (χ0n) is 16.1. The van der Waals surface area contributed by atoms with Gasteiger partial charge in [-0.1, -0.05) is 12.1 Å². The Bertz CT molecular complexity index is 725. The van der Waals surface area contributed by atoms with Crippen LogP contribution in [0, 0.1) is 0 Å². The molecule has 2 rings (SSSR count). The molecule has 0 N–H and O–H groups in total. The van der Waals surface area contributed by atoms with E-state index in [9.17, 15) is 4.79 Å². The van der Waals surface area contributed by atoms with Gasteiger partial charge in [-0.05, 0) is 56.7 Å². The molecule has 0 atom stereocenters. The van der Waals surface area contributed by atoms with Crippen LogP contribution in [0.3, 0.4) is 0 Å². The van der Waals surface area contributed by atoms with Crippen LogP contribution in [0.1, 0.15) is 36.7 Å². The fourth-order valence-corrected chi connectivity index (χ4v) is 2.61. The number of methoxy groups -OCH3 is 2. The molecule has 2 aromatic carbocycles. The maximum absolute atomic E-state index is 12.9. The first-order valence-electron chi connectivity index (χ1n) is 8.75. The third-order valence-electron chi connectivity index (χ3n) is 3.97. The van der Waals surface area contributed by atoms with Gasteiger partial charge in [0.2, 0.25) is 0 Å². The van der Waals surface area contributed by atoms with Crippen LogP contribution in [-0.4, -0.2) is 37.7 Å². The normalized spacial score (nSPS) is 10.5. The highest BCUT2D eigenvalue weighted by molar-refractivity contribution is 5.94. The maximum Gasteiger partial charge on any atom is 0.254 e. The third-order valence-corrected chi connectivity index (χ3v) is 3.97. The number of amides is 1. The molecule has 0 saturated heterocycles. The Labute approximate surface area is 155 Å². The summed E-state index contributed by atoms with van der Waals surface area (Å²) in [5.74, 6) is 1.95. The number of benzene rings is 2. The lowest BCUT2D eigenvalue weighted by Gasteiger charge is -2.22. The maximum atomic E-state index is 12.9. The first-order chi connectivity index (χ1) is 12.5. The van der Waals surface area contributed by atoms with Crippen molar-refractivity contribution in [3.63, 3.8) is 0 Å². The Hall–Kier alpha value is -2.69. The molecular formula is C21H27NO4. The predicted octanol–water partition coefficient (Wildman–Crippen LogP) is 4.15. The van der Waals surface area contributed by atoms with E-state index in [4.69, 9.17) is 14.2 Å². The number of carbonyl (C=O) groups is 1. The second kappa shape index (κ2) is 9.13. The third kappa shape index (κ3) is 4.91. The quantitative estimate of drug-likeness (QED) is 0.712. The lowest BCUT2D eigenvalue weighted by atomic mass is 10.1. The van der Waals surface area contributed by atoms with Crippen molar-refractivity contribution in [1.29, 1.82) is 0 Å². The first-order valence-corrected chi connectivity index (χ1v) is 8.75. The summed E-state index contributed by atoms with van der Waals surface area (Å²) in [5, 5.41) is 0. The topological polar surface area (TPSA) is 48.0 Å². The van der Waals surface area contributed by atoms with E-state index in [-0.39, 0.29) is 12.0 Å². The van der Waals surface area contributed by atoms with Crippen LogP contribution in [0.25, 0.3) is 0 Å². The highest BCUT2D eigenvalue weighted by atomic mass is 16.5. The van der Waals surface area contributed by atoms with Gasteiger partial charge in [0.15, 0.2) is 11.5 Å². The molecule has 0 unspecified atom stereocenters. The van der Waals surface area contributed by atoms with Crippen LogP contribution in [0.15, 0.2) is 42.5 Å². The van der Waals surface area contributed by atoms with Crippen LogP contribution in [-0.2, 0) is 6.54 Å². The van der Waals surface area contributed by atoms with E-state index in [0.717, 1.165) is 11.3 Å². The summed E-state index contributed by atoms with van der Waals surface area (Å²) < 4.78 is 16.3. The predicted molar refractivity (Wildman–Crippen MR) is 102 cm³/mol. The summed E-state index contributed by atoms with van der Waals surface area (Å²) in [5.41, 5.74) is 1.63. The minimum Gasteiger partial charge on any atom is -0.497 e. The van der Waals surface area contributed by atoms with E-state index in [2.05, 4.69) is 0 Å². The average Bonchev–Trinajstić information content (AvgIpc) is 2.66. The van der Waals surface area contributed by atoms with Gasteiger partial charge in [-0.15, -0.1) is 0 Å². The molecule has 0 radical (unpaired) electrons. The van der Waals surface area contributed by atoms with E-state index in [0.29, 0.717) is 30.2 Å². The fourth-order valence-electron chi connectivity index (χ4n) is 2.61. The Balaban J connectivity index is 2.18. The average molecular weight is 357 g/mol. The number of ether oxygens (including phenoxy) is 3. The summed E-state index contributed by atoms with van der Waals surface area (Å²) in [4.78, 5) is 14.7. The van der Waals surface area contributed by atoms with E-state index in [1.54, 1.807) is 37.3 Å². The van der Waals surface area contributed by atoms with Gasteiger partial charge in [-0.25, -0.2) is 0 Å². The van der Waals surface area contributed by atoms with E-state index >= 15 is 0 Å². The van der Waals surface area contributed by atoms with E-state index in [1.165, 1.54) is 0 Å². The fraction of sp³-hybridized carbons (Fsp3) is 0.381. The van der Waals surface area contributed by atoms with Gasteiger partial charge < -0.3 is 19.1 Å². The van der Waals surface area contributed by atoms with Gasteiger partial charge >= 0.3 is 0 Å². The molecule has 1 amide bonds. The van der Waals surface area contributed by atoms with Crippen LogP contribution < -0.4 is 14.2 Å². The Kier molecular flexibility index (Phi) is 6.89. The van der Waals surface area contributed by atoms with Gasteiger partial charge in [-0.2, -0.15) is 0 Å². The second-order valence-corrected chi connectivity index (χ2v) is 6.20. The molecule has 140 valence electrons. The van der Waals surface area contributed by atoms with Crippen molar-refractivity contribution in [1.82, 2.24) is 4.90 Å². The molecule has 0 saturated carbocycles. The van der Waals surface area contributed by atoms with Gasteiger partial charge in [0, 0.05) is 18.7 Å². The lowest BCUT2D eigenvalue weighted by molar-refractivity contribution is 0.0752. The number of hydrogen-bond donors (Lipinski definition) is 0. The van der Waals surface area contributed by atoms with Crippen molar-refractivity contribution in [2.75, 3.05) is 20.8 Å². The minimum atomic E-state index is -0.0438. The van der Waals surface area contributed by atoms with Crippen molar-refractivity contribution >= 4 is 5.91 Å². The molecule has 0 bridgehead atoms. The summed E-state index contributed by atoms with van der Waals surface area (Å²) in [6.45, 7) is 7.01. The molecular weight excluding hydrogens is 330 g/mol. The molecule has 0 aliphatic carbocycles. The molecule has 26 heavy (non-hydrogen) atoms. The molecule has 0 heterocycles. The van der Waals surface area contributed by atoms with Crippen molar-refractivity contribution in [3.05, 3.63) is 53.6 Å². The molecule has 0 aliphatic heterocycles. The molecule has 0 aliphatic rings. The highest BCUT2D eigenvalue weighted by Crippen LogP contribution is 2.29. The molecule has 0 fully saturated rings. The SMILES string of the molecule is CCN(Cc1ccc(OC)cc1)C(=O)c1ccc(OC(C)C)c(OC)c1. The molecule has 0 spiro atoms. The first kappa shape index (κ1) is 19.6. The number of carbonyl (C=O) groups excluding carboxylic acids is 1. The second-order valence-electron chi connectivity index (χ2n) is 6.20. The van der Waals surface area contributed by atoms with Gasteiger partial charge in [0.1, 0.15) is 5.75 Å². The van der Waals surface area contributed by atoms with Crippen molar-refractivity contribution in [3.8, 4) is 17.2 Å². The van der Waals surface area contributed by atoms with Crippen LogP contribution in [0.4, 0.5) is 0 Å². The van der Waals surface area contributed by atoms with Crippen molar-refractivity contribution in [2.24, 2.45) is 0 Å². The summed E-state index contributed by atoms with van der Waals surface area (Å²) in [7, 11) is 3.21. The largest absolute Gasteiger partial charge is 0.497 e. The Morgan fingerprint density at radius 2 is 1.69 bits per heavy atom. The Morgan fingerprint density at radius 1 is 1.00 bits per heavy atom. The lowest BCUT2D eigenvalue weighted by Crippen LogP contribution is -2.30. The highest BCUT2D eigenvalue weighted by Gasteiger charge is 2.17. The summed E-state index contributed by atoms with van der Waals surface area (Å²) in [6, 6.07) is 13.0. The summed E-state index contributed by atoms with van der Waals surface area (Å²) >= 11 is 0. The summed E-state index contributed by atoms with van der Waals surface area (Å²) in [6.07, 6.45) is 0.0349. The zero-order valence-corrected chi connectivity index (χ0v) is 16.1. The molecule has 2 aromatic rings. The number of rotatable bonds is 8. The molecule has 5 heteroatoms. The van der Waals surface area contributed by atoms with Crippen molar-refractivity contribution < 1.29 is 19.0 Å². The molecule has 5 nitrogen and oxygen atoms in total. The van der Waals surface area contributed by atoms with Gasteiger partial charge in [0.05, 0.1) is 20.3 Å². The van der Waals surface area contributed by atoms with Gasteiger partial charge in [-0.3, -0.25) is 4.79 Å². The van der Waals surface area contributed by atoms with Crippen LogP contribution in [0.5, 0.6) is 17.2 Å². The standard InChI is InChI=1S/C21H27NO4/c1-6-22(14-16-7-10-18(24-4)11-8-16)21(23)17-9-12-19(26-15(2)3)20(13-17)25-5/h7-13,15H,6,14H2,1-5H3. The van der Waals surface area contributed by atoms with E-state index < -0.39 is 0 Å². The van der Waals surface area contributed by atoms with Crippen molar-refractivity contribution in [2.45, 2.75) is 33.4 Å². The zero-order chi connectivity index (χ0) is 19.1. The van der Waals surface area contributed by atoms with Crippen LogP contribution >= 0.6 is 0 Å². The van der Waals surface area contributed by atoms with E-state index in [1.807, 2.05) is 45.0 Å². The Morgan fingerprint density at radius 3 is 2.23 bits per heavy atom. The van der Waals surface area contributed by atoms with Crippen LogP contribution in [0.2, 0.25) is 0 Å². The minimum absolute atomic E-state index is 0.0349. The smallest absolute Gasteiger partial charge is 0.254 e. The monoisotopic (exact) mass is 357 g/mol.